The third-order valence-corrected chi connectivity index (χ3v) is 11.5. The number of rotatable bonds is 7. The summed E-state index contributed by atoms with van der Waals surface area (Å²) in [4.78, 5) is 33.1. The Morgan fingerprint density at radius 3 is 2.12 bits per heavy atom. The van der Waals surface area contributed by atoms with Crippen LogP contribution >= 0.6 is 0 Å². The largest absolute Gasteiger partial charge is 0.508 e. The van der Waals surface area contributed by atoms with Gasteiger partial charge >= 0.3 is 6.03 Å². The van der Waals surface area contributed by atoms with Crippen LogP contribution in [0.15, 0.2) is 97.1 Å². The Hall–Kier alpha value is -4.66. The predicted octanol–water partition coefficient (Wildman–Crippen LogP) is 6.49. The van der Waals surface area contributed by atoms with Crippen LogP contribution in [0, 0.1) is 0 Å². The zero-order valence-electron chi connectivity index (χ0n) is 28.7. The molecule has 4 aromatic rings. The maximum Gasteiger partial charge on any atom is 0.328 e. The first-order valence-electron chi connectivity index (χ1n) is 18.4. The van der Waals surface area contributed by atoms with Gasteiger partial charge in [-0.05, 0) is 95.8 Å². The second-order valence-corrected chi connectivity index (χ2v) is 14.5. The van der Waals surface area contributed by atoms with Gasteiger partial charge in [-0.1, -0.05) is 60.7 Å². The Bertz CT molecular complexity index is 1800. The maximum atomic E-state index is 12.2. The average Bonchev–Trinajstić information content (AvgIpc) is 3.16. The van der Waals surface area contributed by atoms with Crippen molar-refractivity contribution in [2.24, 2.45) is 0 Å². The first-order chi connectivity index (χ1) is 24.5. The highest BCUT2D eigenvalue weighted by Crippen LogP contribution is 2.47. The van der Waals surface area contributed by atoms with Crippen LogP contribution in [0.3, 0.4) is 0 Å². The number of aryl methyl sites for hydroxylation is 1. The molecule has 3 aliphatic heterocycles. The van der Waals surface area contributed by atoms with E-state index < -0.39 is 0 Å². The van der Waals surface area contributed by atoms with Gasteiger partial charge in [0, 0.05) is 82.1 Å². The average molecular weight is 670 g/mol. The summed E-state index contributed by atoms with van der Waals surface area (Å²) in [7, 11) is 0. The van der Waals surface area contributed by atoms with Crippen molar-refractivity contribution in [3.63, 3.8) is 0 Å². The normalized spacial score (nSPS) is 22.3. The molecule has 0 spiro atoms. The fourth-order valence-corrected chi connectivity index (χ4v) is 8.80. The molecule has 3 fully saturated rings. The number of aromatic hydroxyl groups is 1. The molecule has 3 heterocycles. The van der Waals surface area contributed by atoms with E-state index in [0.717, 1.165) is 64.3 Å². The summed E-state index contributed by atoms with van der Waals surface area (Å²) in [6, 6.07) is 34.8. The number of nitrogens with one attached hydrogen (secondary N) is 1. The third kappa shape index (κ3) is 6.87. The van der Waals surface area contributed by atoms with Gasteiger partial charge in [0.25, 0.3) is 0 Å². The zero-order chi connectivity index (χ0) is 34.0. The molecule has 8 rings (SSSR count). The van der Waals surface area contributed by atoms with Gasteiger partial charge in [0.1, 0.15) is 5.75 Å². The number of anilines is 2. The maximum absolute atomic E-state index is 12.2. The van der Waals surface area contributed by atoms with Crippen LogP contribution in [-0.4, -0.2) is 78.7 Å². The van der Waals surface area contributed by atoms with Crippen LogP contribution in [-0.2, 0) is 17.8 Å². The van der Waals surface area contributed by atoms with Gasteiger partial charge in [0.15, 0.2) is 0 Å². The number of carbonyl (C=O) groups excluding carboxylic acids is 2. The topological polar surface area (TPSA) is 79.4 Å². The van der Waals surface area contributed by atoms with Crippen molar-refractivity contribution >= 4 is 23.3 Å². The summed E-state index contributed by atoms with van der Waals surface area (Å²) in [5, 5.41) is 12.6. The number of phenols is 1. The number of nitrogens with zero attached hydrogens (tertiary/aromatic N) is 4. The summed E-state index contributed by atoms with van der Waals surface area (Å²) in [6.45, 7) is 7.83. The number of amides is 3. The lowest BCUT2D eigenvalue weighted by atomic mass is 9.69. The second kappa shape index (κ2) is 14.3. The molecule has 8 heteroatoms. The molecule has 0 radical (unpaired) electrons. The molecule has 0 aromatic heterocycles. The van der Waals surface area contributed by atoms with Gasteiger partial charge in [-0.2, -0.15) is 0 Å². The minimum absolute atomic E-state index is 0.208. The highest BCUT2D eigenvalue weighted by molar-refractivity contribution is 6.05. The highest BCUT2D eigenvalue weighted by atomic mass is 16.3. The predicted molar refractivity (Wildman–Crippen MR) is 198 cm³/mol. The number of hydrogen-bond donors (Lipinski definition) is 2. The van der Waals surface area contributed by atoms with Crippen molar-refractivity contribution in [1.82, 2.24) is 15.1 Å². The van der Waals surface area contributed by atoms with Gasteiger partial charge in [0.2, 0.25) is 5.91 Å². The van der Waals surface area contributed by atoms with Crippen LogP contribution in [0.5, 0.6) is 5.75 Å². The van der Waals surface area contributed by atoms with E-state index in [-0.39, 0.29) is 17.9 Å². The molecule has 8 nitrogen and oxygen atoms in total. The number of piperidine rings is 1. The first-order valence-corrected chi connectivity index (χ1v) is 18.4. The van der Waals surface area contributed by atoms with E-state index in [4.69, 9.17) is 0 Å². The van der Waals surface area contributed by atoms with Crippen molar-refractivity contribution in [1.29, 1.82) is 0 Å². The molecule has 1 aliphatic carbocycles. The van der Waals surface area contributed by atoms with Crippen molar-refractivity contribution in [3.05, 3.63) is 125 Å². The molecule has 0 unspecified atom stereocenters. The van der Waals surface area contributed by atoms with Gasteiger partial charge in [-0.25, -0.2) is 4.79 Å². The third-order valence-electron chi connectivity index (χ3n) is 11.5. The number of hydrogen-bond acceptors (Lipinski definition) is 6. The van der Waals surface area contributed by atoms with Crippen molar-refractivity contribution in [2.75, 3.05) is 55.6 Å². The van der Waals surface area contributed by atoms with E-state index in [2.05, 4.69) is 92.8 Å². The van der Waals surface area contributed by atoms with E-state index in [0.29, 0.717) is 30.7 Å². The highest BCUT2D eigenvalue weighted by Gasteiger charge is 2.33. The van der Waals surface area contributed by atoms with Gasteiger partial charge in [0.05, 0.1) is 0 Å². The number of urea groups is 1. The fraction of sp³-hybridized carbons (Fsp3) is 0.381. The SMILES string of the molecule is O=C1CCN(c2ccc(CN3CCN(C4CCN(c5ccc([C@@H]6c7ccc(O)cc7CC[C@@H]6c6ccccc6)cc5)CC4)CC3)cc2)C(=O)N1. The van der Waals surface area contributed by atoms with E-state index in [1.165, 1.54) is 46.3 Å². The molecular weight excluding hydrogens is 622 g/mol. The van der Waals surface area contributed by atoms with Crippen molar-refractivity contribution < 1.29 is 14.7 Å². The van der Waals surface area contributed by atoms with Gasteiger partial charge in [-0.3, -0.25) is 24.8 Å². The minimum Gasteiger partial charge on any atom is -0.508 e. The Morgan fingerprint density at radius 2 is 1.40 bits per heavy atom. The Kier molecular flexibility index (Phi) is 9.30. The van der Waals surface area contributed by atoms with Crippen molar-refractivity contribution in [3.8, 4) is 5.75 Å². The molecule has 0 saturated carbocycles. The van der Waals surface area contributed by atoms with Gasteiger partial charge in [-0.15, -0.1) is 0 Å². The Morgan fingerprint density at radius 1 is 0.680 bits per heavy atom. The molecule has 3 amide bonds. The standard InChI is InChI=1S/C42H47N5O3/c48-37-15-17-39-33(28-37)10-16-38(31-4-2-1-3-5-31)41(39)32-8-13-34(14-9-32)45-21-18-35(19-22-45)46-26-24-44(25-27-46)29-30-6-11-36(12-7-30)47-23-20-40(49)43-42(47)50/h1-9,11-15,17,28,35,38,41,48H,10,16,18-27,29H2,(H,43,49,50)/t38-,41+/m1/s1. The molecular formula is C42H47N5O3. The molecule has 2 atom stereocenters. The molecule has 4 aromatic carbocycles. The molecule has 4 aliphatic rings. The van der Waals surface area contributed by atoms with Crippen LogP contribution in [0.25, 0.3) is 0 Å². The van der Waals surface area contributed by atoms with Gasteiger partial charge < -0.3 is 10.0 Å². The lowest BCUT2D eigenvalue weighted by molar-refractivity contribution is -0.120. The monoisotopic (exact) mass is 669 g/mol. The first kappa shape index (κ1) is 32.5. The van der Waals surface area contributed by atoms with E-state index >= 15 is 0 Å². The summed E-state index contributed by atoms with van der Waals surface area (Å²) in [6.07, 6.45) is 4.78. The molecule has 2 N–H and O–H groups in total. The van der Waals surface area contributed by atoms with Crippen LogP contribution in [0.4, 0.5) is 16.2 Å². The number of benzene rings is 4. The summed E-state index contributed by atoms with van der Waals surface area (Å²) in [5.74, 6) is 0.839. The fourth-order valence-electron chi connectivity index (χ4n) is 8.80. The number of piperazine rings is 1. The number of phenolic OH excluding ortho intramolecular Hbond substituents is 1. The molecule has 50 heavy (non-hydrogen) atoms. The smallest absolute Gasteiger partial charge is 0.328 e. The molecule has 3 saturated heterocycles. The lowest BCUT2D eigenvalue weighted by Crippen LogP contribution is -2.53. The van der Waals surface area contributed by atoms with E-state index in [9.17, 15) is 14.7 Å². The van der Waals surface area contributed by atoms with Crippen LogP contribution in [0.1, 0.15) is 65.3 Å². The summed E-state index contributed by atoms with van der Waals surface area (Å²) in [5.41, 5.74) is 8.76. The number of fused-ring (bicyclic) bond motifs is 1. The second-order valence-electron chi connectivity index (χ2n) is 14.5. The lowest BCUT2D eigenvalue weighted by Gasteiger charge is -2.43. The minimum atomic E-state index is -0.338. The summed E-state index contributed by atoms with van der Waals surface area (Å²) >= 11 is 0. The van der Waals surface area contributed by atoms with Crippen molar-refractivity contribution in [2.45, 2.75) is 56.5 Å². The Labute approximate surface area is 295 Å². The summed E-state index contributed by atoms with van der Waals surface area (Å²) < 4.78 is 0. The van der Waals surface area contributed by atoms with E-state index in [1.807, 2.05) is 24.3 Å². The molecule has 0 bridgehead atoms. The Balaban J connectivity index is 0.846. The quantitative estimate of drug-likeness (QED) is 0.235. The molecule has 258 valence electrons. The number of imide groups is 1. The number of carbonyl (C=O) groups is 2. The zero-order valence-corrected chi connectivity index (χ0v) is 28.7. The van der Waals surface area contributed by atoms with Crippen LogP contribution in [0.2, 0.25) is 0 Å². The van der Waals surface area contributed by atoms with Crippen LogP contribution < -0.4 is 15.1 Å². The van der Waals surface area contributed by atoms with E-state index in [1.54, 1.807) is 4.90 Å².